The average Bonchev–Trinajstić information content (AvgIpc) is 2.99. The summed E-state index contributed by atoms with van der Waals surface area (Å²) in [7, 11) is 0. The lowest BCUT2D eigenvalue weighted by atomic mass is 10.2. The molecule has 0 aliphatic heterocycles. The Hall–Kier alpha value is -2.12. The van der Waals surface area contributed by atoms with Crippen LogP contribution in [0.2, 0.25) is 0 Å². The number of aromatic nitrogens is 3. The molecule has 0 fully saturated rings. The Kier molecular flexibility index (Phi) is 5.32. The van der Waals surface area contributed by atoms with Gasteiger partial charge in [-0.15, -0.1) is 0 Å². The molecule has 1 N–H and O–H groups in total. The van der Waals surface area contributed by atoms with Crippen LogP contribution in [0.5, 0.6) is 5.75 Å². The maximum Gasteiger partial charge on any atom is 0.199 e. The van der Waals surface area contributed by atoms with Crippen molar-refractivity contribution in [2.75, 3.05) is 6.86 Å². The number of nitrogens with one attached hydrogen (secondary N) is 1. The van der Waals surface area contributed by atoms with Crippen molar-refractivity contribution in [2.24, 2.45) is 0 Å². The van der Waals surface area contributed by atoms with Gasteiger partial charge in [0.25, 0.3) is 0 Å². The monoisotopic (exact) mass is 347 g/mol. The minimum Gasteiger partial charge on any atom is -0.465 e. The summed E-state index contributed by atoms with van der Waals surface area (Å²) in [6.07, 6.45) is 1.03. The van der Waals surface area contributed by atoms with Crippen LogP contribution in [0.25, 0.3) is 11.0 Å². The van der Waals surface area contributed by atoms with Gasteiger partial charge in [0.1, 0.15) is 5.75 Å². The molecule has 5 nitrogen and oxygen atoms in total. The van der Waals surface area contributed by atoms with Crippen molar-refractivity contribution in [3.8, 4) is 5.75 Å². The van der Waals surface area contributed by atoms with E-state index in [2.05, 4.69) is 15.0 Å². The molecule has 0 amide bonds. The predicted octanol–water partition coefficient (Wildman–Crippen LogP) is 4.23. The van der Waals surface area contributed by atoms with Gasteiger partial charge >= 0.3 is 0 Å². The Balaban J connectivity index is 1.70. The molecule has 24 heavy (non-hydrogen) atoms. The van der Waals surface area contributed by atoms with E-state index in [1.54, 1.807) is 30.9 Å². The van der Waals surface area contributed by atoms with Crippen LogP contribution in [0.1, 0.15) is 18.2 Å². The molecule has 3 rings (SSSR count). The van der Waals surface area contributed by atoms with Crippen LogP contribution < -0.4 is 4.74 Å². The minimum absolute atomic E-state index is 0.645. The molecule has 0 aliphatic carbocycles. The molecular weight excluding hydrogens is 329 g/mol. The van der Waals surface area contributed by atoms with Crippen molar-refractivity contribution in [1.82, 2.24) is 15.0 Å². The number of aromatic amines is 1. The number of hydrogen-bond acceptors (Lipinski definition) is 5. The number of halogens is 1. The van der Waals surface area contributed by atoms with Gasteiger partial charge in [-0.05, 0) is 32.0 Å². The van der Waals surface area contributed by atoms with Crippen LogP contribution >= 0.6 is 11.8 Å². The average molecular weight is 347 g/mol. The zero-order valence-corrected chi connectivity index (χ0v) is 14.3. The van der Waals surface area contributed by atoms with Crippen molar-refractivity contribution in [3.63, 3.8) is 0 Å². The highest BCUT2D eigenvalue weighted by Gasteiger charge is 2.11. The summed E-state index contributed by atoms with van der Waals surface area (Å²) in [6.45, 7) is 2.71. The standard InChI is InChI=1S/C17H18FN3O2S/c1-11-15(19-8-7-16(11)23-12(2)22-10-18)9-24-17-20-13-5-3-4-6-14(13)21-17/h3-8,12H,9-10H2,1-2H3,(H,20,21). The summed E-state index contributed by atoms with van der Waals surface area (Å²) in [6, 6.07) is 9.66. The van der Waals surface area contributed by atoms with Gasteiger partial charge in [-0.25, -0.2) is 9.37 Å². The molecule has 0 radical (unpaired) electrons. The van der Waals surface area contributed by atoms with Crippen molar-refractivity contribution < 1.29 is 13.9 Å². The second kappa shape index (κ2) is 7.63. The van der Waals surface area contributed by atoms with Crippen LogP contribution in [0.3, 0.4) is 0 Å². The van der Waals surface area contributed by atoms with Crippen LogP contribution in [0.4, 0.5) is 4.39 Å². The van der Waals surface area contributed by atoms with E-state index in [1.165, 1.54) is 0 Å². The molecule has 1 atom stereocenters. The number of pyridine rings is 1. The maximum absolute atomic E-state index is 12.2. The first-order chi connectivity index (χ1) is 11.7. The van der Waals surface area contributed by atoms with Gasteiger partial charge in [0.2, 0.25) is 0 Å². The van der Waals surface area contributed by atoms with E-state index >= 15 is 0 Å². The van der Waals surface area contributed by atoms with Crippen LogP contribution in [-0.4, -0.2) is 28.1 Å². The molecule has 7 heteroatoms. The van der Waals surface area contributed by atoms with Gasteiger partial charge < -0.3 is 14.5 Å². The van der Waals surface area contributed by atoms with E-state index in [1.807, 2.05) is 31.2 Å². The second-order valence-electron chi connectivity index (χ2n) is 5.19. The summed E-state index contributed by atoms with van der Waals surface area (Å²) in [4.78, 5) is 12.2. The first-order valence-electron chi connectivity index (χ1n) is 7.53. The molecule has 0 aliphatic rings. The largest absolute Gasteiger partial charge is 0.465 e. The highest BCUT2D eigenvalue weighted by Crippen LogP contribution is 2.27. The highest BCUT2D eigenvalue weighted by molar-refractivity contribution is 7.98. The molecule has 126 valence electrons. The number of rotatable bonds is 7. The number of H-pyrrole nitrogens is 1. The molecule has 2 heterocycles. The summed E-state index contributed by atoms with van der Waals surface area (Å²) >= 11 is 1.58. The first-order valence-corrected chi connectivity index (χ1v) is 8.52. The fourth-order valence-electron chi connectivity index (χ4n) is 2.27. The number of ether oxygens (including phenoxy) is 2. The topological polar surface area (TPSA) is 60.0 Å². The lowest BCUT2D eigenvalue weighted by Gasteiger charge is -2.16. The van der Waals surface area contributed by atoms with Gasteiger partial charge in [0.15, 0.2) is 18.3 Å². The van der Waals surface area contributed by atoms with Crippen molar-refractivity contribution in [3.05, 3.63) is 47.8 Å². The molecule has 1 unspecified atom stereocenters. The molecule has 0 spiro atoms. The summed E-state index contributed by atoms with van der Waals surface area (Å²) in [5.74, 6) is 1.30. The van der Waals surface area contributed by atoms with E-state index < -0.39 is 13.2 Å². The van der Waals surface area contributed by atoms with Crippen molar-refractivity contribution in [2.45, 2.75) is 31.0 Å². The molecule has 3 aromatic rings. The van der Waals surface area contributed by atoms with E-state index in [0.717, 1.165) is 27.4 Å². The smallest absolute Gasteiger partial charge is 0.199 e. The third-order valence-electron chi connectivity index (χ3n) is 3.56. The van der Waals surface area contributed by atoms with E-state index in [-0.39, 0.29) is 0 Å². The lowest BCUT2D eigenvalue weighted by Crippen LogP contribution is -2.16. The van der Waals surface area contributed by atoms with Gasteiger partial charge in [-0.1, -0.05) is 23.9 Å². The maximum atomic E-state index is 12.2. The molecule has 0 saturated heterocycles. The highest BCUT2D eigenvalue weighted by atomic mass is 32.2. The number of benzene rings is 1. The predicted molar refractivity (Wildman–Crippen MR) is 91.8 cm³/mol. The third kappa shape index (κ3) is 3.85. The van der Waals surface area contributed by atoms with Gasteiger partial charge in [-0.2, -0.15) is 0 Å². The molecule has 2 aromatic heterocycles. The lowest BCUT2D eigenvalue weighted by molar-refractivity contribution is -0.0991. The van der Waals surface area contributed by atoms with E-state index in [0.29, 0.717) is 11.5 Å². The molecule has 1 aromatic carbocycles. The van der Waals surface area contributed by atoms with Crippen LogP contribution in [0.15, 0.2) is 41.7 Å². The molecule has 0 bridgehead atoms. The van der Waals surface area contributed by atoms with Gasteiger partial charge in [0.05, 0.1) is 16.7 Å². The van der Waals surface area contributed by atoms with Crippen LogP contribution in [-0.2, 0) is 10.5 Å². The SMILES string of the molecule is Cc1c(OC(C)OCF)ccnc1CSc1nc2ccccc2[nH]1. The Labute approximate surface area is 143 Å². The van der Waals surface area contributed by atoms with Gasteiger partial charge in [0, 0.05) is 17.5 Å². The Morgan fingerprint density at radius 2 is 2.12 bits per heavy atom. The number of imidazole rings is 1. The molecular formula is C17H18FN3O2S. The fraction of sp³-hybridized carbons (Fsp3) is 0.294. The Morgan fingerprint density at radius 1 is 1.29 bits per heavy atom. The quantitative estimate of drug-likeness (QED) is 0.512. The number of thioether (sulfide) groups is 1. The molecule has 0 saturated carbocycles. The number of nitrogens with zero attached hydrogens (tertiary/aromatic N) is 2. The zero-order chi connectivity index (χ0) is 16.9. The first kappa shape index (κ1) is 16.7. The normalized spacial score (nSPS) is 12.5. The summed E-state index contributed by atoms with van der Waals surface area (Å²) in [5, 5.41) is 0.845. The second-order valence-corrected chi connectivity index (χ2v) is 6.15. The van der Waals surface area contributed by atoms with E-state index in [4.69, 9.17) is 9.47 Å². The number of fused-ring (bicyclic) bond motifs is 1. The Bertz CT molecular complexity index is 791. The number of para-hydroxylation sites is 2. The minimum atomic E-state index is -0.875. The van der Waals surface area contributed by atoms with Crippen LogP contribution in [0, 0.1) is 6.92 Å². The third-order valence-corrected chi connectivity index (χ3v) is 4.45. The van der Waals surface area contributed by atoms with Crippen molar-refractivity contribution in [1.29, 1.82) is 0 Å². The fourth-order valence-corrected chi connectivity index (χ4v) is 3.18. The summed E-state index contributed by atoms with van der Waals surface area (Å²) < 4.78 is 22.6. The van der Waals surface area contributed by atoms with E-state index in [9.17, 15) is 4.39 Å². The zero-order valence-electron chi connectivity index (χ0n) is 13.5. The van der Waals surface area contributed by atoms with Gasteiger partial charge in [-0.3, -0.25) is 4.98 Å². The number of alkyl halides is 1. The number of hydrogen-bond donors (Lipinski definition) is 1. The summed E-state index contributed by atoms with van der Waals surface area (Å²) in [5.41, 5.74) is 3.76. The van der Waals surface area contributed by atoms with Crippen molar-refractivity contribution >= 4 is 22.8 Å². The Morgan fingerprint density at radius 3 is 2.92 bits per heavy atom.